The number of rotatable bonds is 3. The minimum atomic E-state index is -0.578. The number of hydrogen-bond acceptors (Lipinski definition) is 3. The molecule has 0 aromatic carbocycles. The van der Waals surface area contributed by atoms with E-state index in [1.165, 1.54) is 6.20 Å². The summed E-state index contributed by atoms with van der Waals surface area (Å²) in [6.45, 7) is 7.87. The lowest BCUT2D eigenvalue weighted by Crippen LogP contribution is -2.19. The van der Waals surface area contributed by atoms with Crippen molar-refractivity contribution in [2.45, 2.75) is 39.2 Å². The standard InChI is InChI=1S/C15H21FN2O2/c1-9(19)8-20-14-11(15(2,3)4)6-10-12(16)7-18(5)13(10)17-14/h6-7,9,19H,8H2,1-5H3. The molecule has 110 valence electrons. The van der Waals surface area contributed by atoms with E-state index in [1.807, 2.05) is 20.8 Å². The van der Waals surface area contributed by atoms with E-state index in [9.17, 15) is 9.50 Å². The van der Waals surface area contributed by atoms with Crippen LogP contribution in [0.25, 0.3) is 11.0 Å². The monoisotopic (exact) mass is 280 g/mol. The predicted molar refractivity (Wildman–Crippen MR) is 76.5 cm³/mol. The van der Waals surface area contributed by atoms with E-state index in [-0.39, 0.29) is 17.8 Å². The Labute approximate surface area is 118 Å². The Morgan fingerprint density at radius 1 is 1.45 bits per heavy atom. The van der Waals surface area contributed by atoms with Crippen molar-refractivity contribution < 1.29 is 14.2 Å². The SMILES string of the molecule is CC(O)COc1nc2c(cc1C(C)(C)C)c(F)cn2C. The molecule has 2 heterocycles. The van der Waals surface area contributed by atoms with Gasteiger partial charge in [-0.15, -0.1) is 0 Å². The molecule has 0 saturated carbocycles. The molecule has 2 aromatic heterocycles. The number of ether oxygens (including phenoxy) is 1. The van der Waals surface area contributed by atoms with E-state index in [0.29, 0.717) is 16.9 Å². The van der Waals surface area contributed by atoms with Crippen molar-refractivity contribution >= 4 is 11.0 Å². The molecule has 0 fully saturated rings. The number of halogens is 1. The van der Waals surface area contributed by atoms with Gasteiger partial charge in [0.2, 0.25) is 5.88 Å². The second-order valence-electron chi connectivity index (χ2n) is 6.21. The highest BCUT2D eigenvalue weighted by molar-refractivity contribution is 5.79. The third-order valence-electron chi connectivity index (χ3n) is 3.14. The maximum Gasteiger partial charge on any atom is 0.219 e. The van der Waals surface area contributed by atoms with Crippen molar-refractivity contribution in [3.8, 4) is 5.88 Å². The first-order valence-electron chi connectivity index (χ1n) is 6.67. The van der Waals surface area contributed by atoms with Crippen LogP contribution in [0.2, 0.25) is 0 Å². The summed E-state index contributed by atoms with van der Waals surface area (Å²) in [5, 5.41) is 9.85. The van der Waals surface area contributed by atoms with Crippen LogP contribution in [0, 0.1) is 5.82 Å². The molecule has 0 aliphatic heterocycles. The fourth-order valence-corrected chi connectivity index (χ4v) is 2.08. The van der Waals surface area contributed by atoms with Gasteiger partial charge in [-0.1, -0.05) is 20.8 Å². The molecule has 0 radical (unpaired) electrons. The zero-order valence-electron chi connectivity index (χ0n) is 12.6. The Morgan fingerprint density at radius 3 is 2.65 bits per heavy atom. The molecule has 5 heteroatoms. The minimum Gasteiger partial charge on any atom is -0.475 e. The summed E-state index contributed by atoms with van der Waals surface area (Å²) in [6, 6.07) is 1.79. The van der Waals surface area contributed by atoms with Gasteiger partial charge in [0, 0.05) is 18.8 Å². The van der Waals surface area contributed by atoms with E-state index in [2.05, 4.69) is 4.98 Å². The summed E-state index contributed by atoms with van der Waals surface area (Å²) in [5.74, 6) is 0.162. The molecule has 0 aliphatic rings. The van der Waals surface area contributed by atoms with Gasteiger partial charge in [0.1, 0.15) is 18.1 Å². The first-order chi connectivity index (χ1) is 9.20. The lowest BCUT2D eigenvalue weighted by molar-refractivity contribution is 0.118. The number of nitrogens with zero attached hydrogens (tertiary/aromatic N) is 2. The minimum absolute atomic E-state index is 0.161. The molecule has 2 rings (SSSR count). The van der Waals surface area contributed by atoms with E-state index in [1.54, 1.807) is 24.6 Å². The quantitative estimate of drug-likeness (QED) is 0.940. The van der Waals surface area contributed by atoms with Crippen molar-refractivity contribution in [1.29, 1.82) is 0 Å². The number of aliphatic hydroxyl groups excluding tert-OH is 1. The Hall–Kier alpha value is -1.62. The lowest BCUT2D eigenvalue weighted by Gasteiger charge is -2.22. The van der Waals surface area contributed by atoms with Crippen LogP contribution in [0.4, 0.5) is 4.39 Å². The molecular weight excluding hydrogens is 259 g/mol. The average molecular weight is 280 g/mol. The molecular formula is C15H21FN2O2. The highest BCUT2D eigenvalue weighted by Gasteiger charge is 2.23. The number of aliphatic hydroxyl groups is 1. The van der Waals surface area contributed by atoms with Gasteiger partial charge in [-0.25, -0.2) is 4.39 Å². The van der Waals surface area contributed by atoms with Crippen molar-refractivity contribution in [2.24, 2.45) is 7.05 Å². The number of pyridine rings is 1. The second kappa shape index (κ2) is 5.05. The summed E-state index contributed by atoms with van der Waals surface area (Å²) in [6.07, 6.45) is 0.827. The van der Waals surface area contributed by atoms with Gasteiger partial charge in [0.25, 0.3) is 0 Å². The van der Waals surface area contributed by atoms with Crippen LogP contribution < -0.4 is 4.74 Å². The predicted octanol–water partition coefficient (Wildman–Crippen LogP) is 2.77. The maximum absolute atomic E-state index is 13.9. The van der Waals surface area contributed by atoms with Gasteiger partial charge in [0.15, 0.2) is 0 Å². The van der Waals surface area contributed by atoms with E-state index in [0.717, 1.165) is 5.56 Å². The molecule has 2 aromatic rings. The Balaban J connectivity index is 2.60. The molecule has 0 spiro atoms. The topological polar surface area (TPSA) is 47.3 Å². The third-order valence-corrected chi connectivity index (χ3v) is 3.14. The van der Waals surface area contributed by atoms with E-state index < -0.39 is 6.10 Å². The molecule has 1 unspecified atom stereocenters. The summed E-state index contributed by atoms with van der Waals surface area (Å²) in [7, 11) is 1.74. The zero-order valence-corrected chi connectivity index (χ0v) is 12.6. The third kappa shape index (κ3) is 2.77. The van der Waals surface area contributed by atoms with E-state index >= 15 is 0 Å². The van der Waals surface area contributed by atoms with Gasteiger partial charge >= 0.3 is 0 Å². The number of aromatic nitrogens is 2. The lowest BCUT2D eigenvalue weighted by atomic mass is 9.87. The molecule has 20 heavy (non-hydrogen) atoms. The molecule has 0 bridgehead atoms. The van der Waals surface area contributed by atoms with Gasteiger partial charge in [-0.3, -0.25) is 0 Å². The smallest absolute Gasteiger partial charge is 0.219 e. The second-order valence-corrected chi connectivity index (χ2v) is 6.21. The normalized spacial score (nSPS) is 13.8. The Morgan fingerprint density at radius 2 is 2.10 bits per heavy atom. The van der Waals surface area contributed by atoms with E-state index in [4.69, 9.17) is 4.74 Å². The molecule has 0 saturated heterocycles. The first-order valence-corrected chi connectivity index (χ1v) is 6.67. The highest BCUT2D eigenvalue weighted by atomic mass is 19.1. The summed E-state index contributed by atoms with van der Waals surface area (Å²) in [4.78, 5) is 4.42. The van der Waals surface area contributed by atoms with Crippen LogP contribution in [0.15, 0.2) is 12.3 Å². The first kappa shape index (κ1) is 14.8. The molecule has 4 nitrogen and oxygen atoms in total. The largest absolute Gasteiger partial charge is 0.475 e. The molecule has 0 aliphatic carbocycles. The van der Waals surface area contributed by atoms with Gasteiger partial charge in [-0.05, 0) is 18.4 Å². The van der Waals surface area contributed by atoms with Crippen molar-refractivity contribution in [3.05, 3.63) is 23.6 Å². The number of hydrogen-bond donors (Lipinski definition) is 1. The van der Waals surface area contributed by atoms with Crippen LogP contribution in [-0.2, 0) is 12.5 Å². The summed E-state index contributed by atoms with van der Waals surface area (Å²) in [5.41, 5.74) is 1.14. The van der Waals surface area contributed by atoms with Gasteiger partial charge < -0.3 is 14.4 Å². The van der Waals surface area contributed by atoms with Gasteiger partial charge in [-0.2, -0.15) is 4.98 Å². The van der Waals surface area contributed by atoms with Crippen LogP contribution >= 0.6 is 0 Å². The number of aryl methyl sites for hydroxylation is 1. The van der Waals surface area contributed by atoms with Crippen molar-refractivity contribution in [2.75, 3.05) is 6.61 Å². The van der Waals surface area contributed by atoms with Crippen LogP contribution in [0.5, 0.6) is 5.88 Å². The summed E-state index contributed by atoms with van der Waals surface area (Å²) < 4.78 is 21.1. The van der Waals surface area contributed by atoms with Gasteiger partial charge in [0.05, 0.1) is 11.5 Å². The fourth-order valence-electron chi connectivity index (χ4n) is 2.08. The number of fused-ring (bicyclic) bond motifs is 1. The molecule has 0 amide bonds. The van der Waals surface area contributed by atoms with Crippen LogP contribution in [0.1, 0.15) is 33.3 Å². The average Bonchev–Trinajstić information content (AvgIpc) is 2.60. The molecule has 1 atom stereocenters. The molecule has 1 N–H and O–H groups in total. The Bertz CT molecular complexity index is 627. The highest BCUT2D eigenvalue weighted by Crippen LogP contribution is 2.33. The zero-order chi connectivity index (χ0) is 15.1. The van der Waals surface area contributed by atoms with Crippen LogP contribution in [-0.4, -0.2) is 27.4 Å². The summed E-state index contributed by atoms with van der Waals surface area (Å²) >= 11 is 0. The Kier molecular flexibility index (Phi) is 3.73. The fraction of sp³-hybridized carbons (Fsp3) is 0.533. The van der Waals surface area contributed by atoms with Crippen molar-refractivity contribution in [3.63, 3.8) is 0 Å². The van der Waals surface area contributed by atoms with Crippen molar-refractivity contribution in [1.82, 2.24) is 9.55 Å². The maximum atomic E-state index is 13.9. The van der Waals surface area contributed by atoms with Crippen LogP contribution in [0.3, 0.4) is 0 Å².